The van der Waals surface area contributed by atoms with Gasteiger partial charge in [-0.1, -0.05) is 32.3 Å². The minimum atomic E-state index is -0.206. The van der Waals surface area contributed by atoms with Crippen LogP contribution in [-0.2, 0) is 19.4 Å². The van der Waals surface area contributed by atoms with E-state index in [1.807, 2.05) is 6.07 Å². The zero-order valence-electron chi connectivity index (χ0n) is 12.8. The summed E-state index contributed by atoms with van der Waals surface area (Å²) in [5.74, 6) is 1.16. The molecule has 0 spiro atoms. The van der Waals surface area contributed by atoms with Crippen molar-refractivity contribution < 1.29 is 9.32 Å². The van der Waals surface area contributed by atoms with Crippen LogP contribution in [0.15, 0.2) is 16.7 Å². The van der Waals surface area contributed by atoms with Crippen molar-refractivity contribution in [2.75, 3.05) is 0 Å². The van der Waals surface area contributed by atoms with E-state index < -0.39 is 0 Å². The third-order valence-corrected chi connectivity index (χ3v) is 3.03. The van der Waals surface area contributed by atoms with E-state index in [2.05, 4.69) is 41.4 Å². The van der Waals surface area contributed by atoms with E-state index in [4.69, 9.17) is 4.52 Å². The highest BCUT2D eigenvalue weighted by Crippen LogP contribution is 2.10. The summed E-state index contributed by atoms with van der Waals surface area (Å²) < 4.78 is 5.23. The molecule has 0 saturated carbocycles. The molecule has 2 heterocycles. The summed E-state index contributed by atoms with van der Waals surface area (Å²) >= 11 is 0. The number of amides is 1. The molecule has 0 fully saturated rings. The summed E-state index contributed by atoms with van der Waals surface area (Å²) in [6, 6.07) is 3.67. The molecule has 2 N–H and O–H groups in total. The normalized spacial score (nSPS) is 11.0. The molecule has 0 aliphatic heterocycles. The lowest BCUT2D eigenvalue weighted by Gasteiger charge is -1.99. The first-order chi connectivity index (χ1) is 10.1. The molecular weight excluding hydrogens is 268 g/mol. The average molecular weight is 290 g/mol. The maximum atomic E-state index is 12.0. The second-order valence-electron chi connectivity index (χ2n) is 5.59. The zero-order valence-corrected chi connectivity index (χ0v) is 12.8. The lowest BCUT2D eigenvalue weighted by Crippen LogP contribution is -2.23. The molecule has 2 aromatic rings. The van der Waals surface area contributed by atoms with Gasteiger partial charge >= 0.3 is 0 Å². The molecule has 0 saturated heterocycles. The summed E-state index contributed by atoms with van der Waals surface area (Å²) in [6.45, 7) is 6.67. The van der Waals surface area contributed by atoms with Gasteiger partial charge in [-0.05, 0) is 18.4 Å². The minimum Gasteiger partial charge on any atom is -0.361 e. The topological polar surface area (TPSA) is 83.8 Å². The maximum absolute atomic E-state index is 12.0. The highest BCUT2D eigenvalue weighted by Gasteiger charge is 2.12. The van der Waals surface area contributed by atoms with Crippen molar-refractivity contribution in [1.82, 2.24) is 20.7 Å². The summed E-state index contributed by atoms with van der Waals surface area (Å²) in [7, 11) is 0. The minimum absolute atomic E-state index is 0.206. The molecule has 114 valence electrons. The van der Waals surface area contributed by atoms with Gasteiger partial charge in [-0.2, -0.15) is 5.10 Å². The lowest BCUT2D eigenvalue weighted by atomic mass is 10.1. The van der Waals surface area contributed by atoms with Crippen LogP contribution in [0.2, 0.25) is 0 Å². The van der Waals surface area contributed by atoms with Crippen LogP contribution in [0.3, 0.4) is 0 Å². The smallest absolute Gasteiger partial charge is 0.272 e. The van der Waals surface area contributed by atoms with Crippen LogP contribution in [0.5, 0.6) is 0 Å². The summed E-state index contributed by atoms with van der Waals surface area (Å²) in [5.41, 5.74) is 2.11. The first-order valence-corrected chi connectivity index (χ1v) is 7.35. The van der Waals surface area contributed by atoms with Crippen LogP contribution in [0.1, 0.15) is 54.8 Å². The van der Waals surface area contributed by atoms with Crippen molar-refractivity contribution in [3.63, 3.8) is 0 Å². The van der Waals surface area contributed by atoms with Gasteiger partial charge in [-0.25, -0.2) is 0 Å². The third-order valence-electron chi connectivity index (χ3n) is 3.03. The number of aryl methyl sites for hydroxylation is 1. The molecule has 0 atom stereocenters. The number of nitrogens with zero attached hydrogens (tertiary/aromatic N) is 2. The van der Waals surface area contributed by atoms with Crippen molar-refractivity contribution >= 4 is 5.91 Å². The number of aromatic amines is 1. The molecule has 1 amide bonds. The summed E-state index contributed by atoms with van der Waals surface area (Å²) in [4.78, 5) is 12.0. The average Bonchev–Trinajstić information content (AvgIpc) is 3.05. The Balaban J connectivity index is 1.86. The molecule has 6 heteroatoms. The highest BCUT2D eigenvalue weighted by molar-refractivity contribution is 5.92. The van der Waals surface area contributed by atoms with Crippen molar-refractivity contribution in [2.24, 2.45) is 5.92 Å². The number of hydrogen-bond donors (Lipinski definition) is 2. The summed E-state index contributed by atoms with van der Waals surface area (Å²) in [6.07, 6.45) is 2.75. The van der Waals surface area contributed by atoms with Crippen LogP contribution in [0, 0.1) is 5.92 Å². The largest absolute Gasteiger partial charge is 0.361 e. The number of aromatic nitrogens is 3. The number of nitrogens with one attached hydrogen (secondary N) is 2. The van der Waals surface area contributed by atoms with Gasteiger partial charge in [0.15, 0.2) is 0 Å². The Morgan fingerprint density at radius 3 is 2.95 bits per heavy atom. The van der Waals surface area contributed by atoms with Crippen LogP contribution < -0.4 is 5.32 Å². The van der Waals surface area contributed by atoms with Crippen LogP contribution in [0.4, 0.5) is 0 Å². The fraction of sp³-hybridized carbons (Fsp3) is 0.533. The van der Waals surface area contributed by atoms with Crippen molar-refractivity contribution in [1.29, 1.82) is 0 Å². The van der Waals surface area contributed by atoms with Gasteiger partial charge in [0.25, 0.3) is 5.91 Å². The van der Waals surface area contributed by atoms with E-state index >= 15 is 0 Å². The number of rotatable bonds is 7. The van der Waals surface area contributed by atoms with E-state index in [0.717, 1.165) is 36.4 Å². The molecule has 21 heavy (non-hydrogen) atoms. The number of carbonyl (C=O) groups is 1. The van der Waals surface area contributed by atoms with Gasteiger partial charge < -0.3 is 9.84 Å². The highest BCUT2D eigenvalue weighted by atomic mass is 16.5. The Morgan fingerprint density at radius 2 is 2.24 bits per heavy atom. The first kappa shape index (κ1) is 15.3. The number of hydrogen-bond acceptors (Lipinski definition) is 4. The summed E-state index contributed by atoms with van der Waals surface area (Å²) in [5, 5.41) is 13.6. The van der Waals surface area contributed by atoms with E-state index in [9.17, 15) is 4.79 Å². The predicted molar refractivity (Wildman–Crippen MR) is 78.8 cm³/mol. The molecule has 2 aromatic heterocycles. The molecule has 2 rings (SSSR count). The Hall–Kier alpha value is -2.11. The molecule has 0 bridgehead atoms. The Kier molecular flexibility index (Phi) is 5.14. The van der Waals surface area contributed by atoms with Crippen molar-refractivity contribution in [3.8, 4) is 0 Å². The van der Waals surface area contributed by atoms with Crippen LogP contribution in [0.25, 0.3) is 0 Å². The van der Waals surface area contributed by atoms with Gasteiger partial charge in [0.2, 0.25) is 0 Å². The Morgan fingerprint density at radius 1 is 1.43 bits per heavy atom. The molecule has 0 aromatic carbocycles. The van der Waals surface area contributed by atoms with Crippen LogP contribution >= 0.6 is 0 Å². The van der Waals surface area contributed by atoms with Gasteiger partial charge in [-0.15, -0.1) is 0 Å². The zero-order chi connectivity index (χ0) is 15.2. The molecule has 6 nitrogen and oxygen atoms in total. The fourth-order valence-electron chi connectivity index (χ4n) is 2.07. The molecule has 0 unspecified atom stereocenters. The van der Waals surface area contributed by atoms with E-state index in [1.165, 1.54) is 0 Å². The predicted octanol–water partition coefficient (Wildman–Crippen LogP) is 2.48. The quantitative estimate of drug-likeness (QED) is 0.820. The maximum Gasteiger partial charge on any atom is 0.272 e. The molecule has 0 aliphatic rings. The molecule has 0 radical (unpaired) electrons. The fourth-order valence-corrected chi connectivity index (χ4v) is 2.07. The monoisotopic (exact) mass is 290 g/mol. The van der Waals surface area contributed by atoms with Gasteiger partial charge in [0.05, 0.1) is 6.54 Å². The van der Waals surface area contributed by atoms with E-state index in [-0.39, 0.29) is 5.91 Å². The molecular formula is C15H22N4O2. The van der Waals surface area contributed by atoms with Gasteiger partial charge in [0, 0.05) is 18.2 Å². The SMILES string of the molecule is CCCc1cc(C(=O)NCc2cc(CC(C)C)on2)n[nH]1. The second kappa shape index (κ2) is 7.06. The second-order valence-corrected chi connectivity index (χ2v) is 5.59. The lowest BCUT2D eigenvalue weighted by molar-refractivity contribution is 0.0945. The van der Waals surface area contributed by atoms with E-state index in [1.54, 1.807) is 6.07 Å². The van der Waals surface area contributed by atoms with Crippen molar-refractivity contribution in [2.45, 2.75) is 46.6 Å². The van der Waals surface area contributed by atoms with E-state index in [0.29, 0.717) is 18.2 Å². The van der Waals surface area contributed by atoms with Gasteiger partial charge in [0.1, 0.15) is 17.1 Å². The van der Waals surface area contributed by atoms with Crippen LogP contribution in [-0.4, -0.2) is 21.3 Å². The Bertz CT molecular complexity index is 586. The number of H-pyrrole nitrogens is 1. The first-order valence-electron chi connectivity index (χ1n) is 7.35. The van der Waals surface area contributed by atoms with Gasteiger partial charge in [-0.3, -0.25) is 9.89 Å². The Labute approximate surface area is 124 Å². The third kappa shape index (κ3) is 4.44. The standard InChI is InChI=1S/C15H22N4O2/c1-4-5-11-8-14(18-17-11)15(20)16-9-12-7-13(21-19-12)6-10(2)3/h7-8,10H,4-6,9H2,1-3H3,(H,16,20)(H,17,18). The van der Waals surface area contributed by atoms with Crippen molar-refractivity contribution in [3.05, 3.63) is 35.0 Å². The molecule has 0 aliphatic carbocycles. The number of carbonyl (C=O) groups excluding carboxylic acids is 1.